The number of piperidine rings is 1. The summed E-state index contributed by atoms with van der Waals surface area (Å²) < 4.78 is 10.9. The Labute approximate surface area is 166 Å². The largest absolute Gasteiger partial charge is 0.460 e. The van der Waals surface area contributed by atoms with Gasteiger partial charge in [-0.25, -0.2) is 0 Å². The maximum absolute atomic E-state index is 12.2. The van der Waals surface area contributed by atoms with Crippen molar-refractivity contribution in [3.63, 3.8) is 0 Å². The molecule has 1 aromatic rings. The number of anilines is 2. The van der Waals surface area contributed by atoms with Gasteiger partial charge in [0.1, 0.15) is 11.7 Å². The first kappa shape index (κ1) is 20.4. The van der Waals surface area contributed by atoms with Crippen molar-refractivity contribution in [1.82, 2.24) is 4.98 Å². The summed E-state index contributed by atoms with van der Waals surface area (Å²) in [6.45, 7) is 8.74. The van der Waals surface area contributed by atoms with Crippen LogP contribution in [0.4, 0.5) is 11.4 Å². The van der Waals surface area contributed by atoms with Gasteiger partial charge in [-0.3, -0.25) is 14.6 Å². The lowest BCUT2D eigenvalue weighted by Crippen LogP contribution is -2.38. The summed E-state index contributed by atoms with van der Waals surface area (Å²) in [7, 11) is 0. The van der Waals surface area contributed by atoms with Crippen molar-refractivity contribution in [3.8, 4) is 0 Å². The monoisotopic (exact) mass is 389 g/mol. The van der Waals surface area contributed by atoms with Crippen molar-refractivity contribution in [2.75, 3.05) is 23.7 Å². The Bertz CT molecular complexity index is 757. The highest BCUT2D eigenvalue weighted by atomic mass is 16.6. The zero-order valence-corrected chi connectivity index (χ0v) is 17.3. The summed E-state index contributed by atoms with van der Waals surface area (Å²) in [4.78, 5) is 30.3. The molecule has 7 heteroatoms. The molecule has 0 saturated carbocycles. The Morgan fingerprint density at radius 1 is 1.32 bits per heavy atom. The van der Waals surface area contributed by atoms with Crippen LogP contribution in [0.25, 0.3) is 0 Å². The lowest BCUT2D eigenvalue weighted by atomic mass is 9.93. The number of ether oxygens (including phenoxy) is 2. The van der Waals surface area contributed by atoms with Crippen LogP contribution in [0.15, 0.2) is 6.20 Å². The average molecular weight is 389 g/mol. The number of aromatic nitrogens is 1. The average Bonchev–Trinajstić information content (AvgIpc) is 2.95. The summed E-state index contributed by atoms with van der Waals surface area (Å²) in [6.07, 6.45) is 5.29. The molecule has 2 heterocycles. The van der Waals surface area contributed by atoms with E-state index in [0.29, 0.717) is 12.1 Å². The summed E-state index contributed by atoms with van der Waals surface area (Å²) in [5.74, 6) is -0.215. The number of nitrogen functional groups attached to an aromatic ring is 1. The molecule has 1 fully saturated rings. The van der Waals surface area contributed by atoms with E-state index in [-0.39, 0.29) is 24.0 Å². The minimum absolute atomic E-state index is 0.151. The minimum Gasteiger partial charge on any atom is -0.460 e. The van der Waals surface area contributed by atoms with Crippen molar-refractivity contribution in [3.05, 3.63) is 17.5 Å². The number of nitrogens with zero attached hydrogens (tertiary/aromatic N) is 2. The van der Waals surface area contributed by atoms with E-state index in [1.807, 2.05) is 20.8 Å². The SMILES string of the molecule is CC(=O)OC1CCc2c1ncc(N)c2N1CCC[C@H](CC(=O)OC(C)(C)C)C1. The quantitative estimate of drug-likeness (QED) is 0.790. The van der Waals surface area contributed by atoms with E-state index in [0.717, 1.165) is 55.7 Å². The van der Waals surface area contributed by atoms with E-state index < -0.39 is 5.60 Å². The Morgan fingerprint density at radius 3 is 2.75 bits per heavy atom. The van der Waals surface area contributed by atoms with Gasteiger partial charge in [0.05, 0.1) is 29.7 Å². The molecule has 7 nitrogen and oxygen atoms in total. The Kier molecular flexibility index (Phi) is 5.82. The summed E-state index contributed by atoms with van der Waals surface area (Å²) in [6, 6.07) is 0. The summed E-state index contributed by atoms with van der Waals surface area (Å²) in [5, 5.41) is 0. The number of rotatable bonds is 4. The first-order valence-corrected chi connectivity index (χ1v) is 10.1. The van der Waals surface area contributed by atoms with Gasteiger partial charge in [0.15, 0.2) is 0 Å². The van der Waals surface area contributed by atoms with Crippen molar-refractivity contribution in [1.29, 1.82) is 0 Å². The molecule has 28 heavy (non-hydrogen) atoms. The van der Waals surface area contributed by atoms with Crippen LogP contribution >= 0.6 is 0 Å². The van der Waals surface area contributed by atoms with Crippen LogP contribution in [0.1, 0.15) is 70.7 Å². The van der Waals surface area contributed by atoms with Gasteiger partial charge in [0, 0.05) is 25.6 Å². The lowest BCUT2D eigenvalue weighted by molar-refractivity contribution is -0.156. The second-order valence-electron chi connectivity index (χ2n) is 8.81. The van der Waals surface area contributed by atoms with Crippen LogP contribution < -0.4 is 10.6 Å². The fourth-order valence-electron chi connectivity index (χ4n) is 4.25. The van der Waals surface area contributed by atoms with Crippen LogP contribution in [-0.2, 0) is 25.5 Å². The summed E-state index contributed by atoms with van der Waals surface area (Å²) >= 11 is 0. The highest BCUT2D eigenvalue weighted by molar-refractivity contribution is 5.74. The predicted octanol–water partition coefficient (Wildman–Crippen LogP) is 3.16. The van der Waals surface area contributed by atoms with Crippen LogP contribution in [0.3, 0.4) is 0 Å². The molecule has 1 aromatic heterocycles. The molecular formula is C21H31N3O4. The maximum atomic E-state index is 12.2. The van der Waals surface area contributed by atoms with Gasteiger partial charge in [-0.1, -0.05) is 0 Å². The van der Waals surface area contributed by atoms with Crippen LogP contribution in [0.5, 0.6) is 0 Å². The Morgan fingerprint density at radius 2 is 2.07 bits per heavy atom. The van der Waals surface area contributed by atoms with E-state index >= 15 is 0 Å². The van der Waals surface area contributed by atoms with Gasteiger partial charge in [-0.15, -0.1) is 0 Å². The molecular weight excluding hydrogens is 358 g/mol. The highest BCUT2D eigenvalue weighted by Crippen LogP contribution is 2.42. The standard InChI is InChI=1S/C21H31N3O4/c1-13(25)27-17-8-7-15-19(17)23-11-16(22)20(15)24-9-5-6-14(12-24)10-18(26)28-21(2,3)4/h11,14,17H,5-10,12,22H2,1-4H3/t14-,17?/m1/s1. The molecule has 0 bridgehead atoms. The second-order valence-corrected chi connectivity index (χ2v) is 8.81. The maximum Gasteiger partial charge on any atom is 0.306 e. The lowest BCUT2D eigenvalue weighted by Gasteiger charge is -2.36. The van der Waals surface area contributed by atoms with Gasteiger partial charge < -0.3 is 20.1 Å². The van der Waals surface area contributed by atoms with Crippen molar-refractivity contribution >= 4 is 23.3 Å². The molecule has 1 aliphatic carbocycles. The van der Waals surface area contributed by atoms with Crippen LogP contribution in [0, 0.1) is 5.92 Å². The van der Waals surface area contributed by atoms with Crippen molar-refractivity contribution in [2.24, 2.45) is 5.92 Å². The van der Waals surface area contributed by atoms with Crippen LogP contribution in [0.2, 0.25) is 0 Å². The zero-order valence-electron chi connectivity index (χ0n) is 17.3. The first-order valence-electron chi connectivity index (χ1n) is 10.1. The Hall–Kier alpha value is -2.31. The fourth-order valence-corrected chi connectivity index (χ4v) is 4.25. The number of nitrogens with two attached hydrogens (primary N) is 1. The normalized spacial score (nSPS) is 21.9. The van der Waals surface area contributed by atoms with Gasteiger partial charge in [-0.05, 0) is 52.4 Å². The van der Waals surface area contributed by atoms with Gasteiger partial charge in [-0.2, -0.15) is 0 Å². The number of hydrogen-bond acceptors (Lipinski definition) is 7. The number of carbonyl (C=O) groups is 2. The number of fused-ring (bicyclic) bond motifs is 1. The molecule has 2 aliphatic rings. The molecule has 2 atom stereocenters. The third-order valence-electron chi connectivity index (χ3n) is 5.19. The van der Waals surface area contributed by atoms with Crippen molar-refractivity contribution in [2.45, 2.75) is 71.5 Å². The third kappa shape index (κ3) is 4.75. The van der Waals surface area contributed by atoms with E-state index in [9.17, 15) is 9.59 Å². The molecule has 0 spiro atoms. The van der Waals surface area contributed by atoms with E-state index in [2.05, 4.69) is 9.88 Å². The molecule has 154 valence electrons. The van der Waals surface area contributed by atoms with Crippen LogP contribution in [-0.4, -0.2) is 35.6 Å². The molecule has 0 aromatic carbocycles. The number of esters is 2. The van der Waals surface area contributed by atoms with Gasteiger partial charge in [0.25, 0.3) is 0 Å². The topological polar surface area (TPSA) is 94.7 Å². The number of hydrogen-bond donors (Lipinski definition) is 1. The zero-order chi connectivity index (χ0) is 20.5. The predicted molar refractivity (Wildman–Crippen MR) is 107 cm³/mol. The Balaban J connectivity index is 1.76. The van der Waals surface area contributed by atoms with Crippen molar-refractivity contribution < 1.29 is 19.1 Å². The number of pyridine rings is 1. The highest BCUT2D eigenvalue weighted by Gasteiger charge is 2.33. The van der Waals surface area contributed by atoms with E-state index in [1.54, 1.807) is 6.20 Å². The van der Waals surface area contributed by atoms with E-state index in [4.69, 9.17) is 15.2 Å². The molecule has 3 rings (SSSR count). The molecule has 0 radical (unpaired) electrons. The number of carbonyl (C=O) groups excluding carboxylic acids is 2. The molecule has 1 saturated heterocycles. The molecule has 1 aliphatic heterocycles. The third-order valence-corrected chi connectivity index (χ3v) is 5.19. The second kappa shape index (κ2) is 7.97. The van der Waals surface area contributed by atoms with Gasteiger partial charge in [0.2, 0.25) is 0 Å². The molecule has 0 amide bonds. The van der Waals surface area contributed by atoms with Gasteiger partial charge >= 0.3 is 11.9 Å². The first-order chi connectivity index (χ1) is 13.1. The molecule has 2 N–H and O–H groups in total. The smallest absolute Gasteiger partial charge is 0.306 e. The fraction of sp³-hybridized carbons (Fsp3) is 0.667. The van der Waals surface area contributed by atoms with E-state index in [1.165, 1.54) is 6.92 Å². The minimum atomic E-state index is -0.465. The summed E-state index contributed by atoms with van der Waals surface area (Å²) in [5.41, 5.74) is 9.35. The molecule has 1 unspecified atom stereocenters.